The van der Waals surface area contributed by atoms with E-state index >= 15 is 0 Å². The Labute approximate surface area is 102 Å². The second-order valence-corrected chi connectivity index (χ2v) is 6.57. The molecule has 0 aliphatic heterocycles. The van der Waals surface area contributed by atoms with Crippen molar-refractivity contribution in [1.82, 2.24) is 0 Å². The third kappa shape index (κ3) is 3.18. The Morgan fingerprint density at radius 3 is 2.69 bits per heavy atom. The first kappa shape index (κ1) is 11.9. The van der Waals surface area contributed by atoms with Crippen LogP contribution in [0.3, 0.4) is 0 Å². The van der Waals surface area contributed by atoms with Crippen LogP contribution in [0.4, 0.5) is 10.1 Å². The quantitative estimate of drug-likeness (QED) is 0.929. The maximum absolute atomic E-state index is 12.8. The first-order valence-corrected chi connectivity index (χ1v) is 7.36. The predicted octanol–water partition coefficient (Wildman–Crippen LogP) is 2.74. The Morgan fingerprint density at radius 2 is 2.12 bits per heavy atom. The molecular formula is C10H11BrFNO2S. The lowest BCUT2D eigenvalue weighted by molar-refractivity contribution is 0.597. The number of hydrogen-bond donors (Lipinski definition) is 1. The summed E-state index contributed by atoms with van der Waals surface area (Å²) < 4.78 is 39.0. The van der Waals surface area contributed by atoms with Crippen LogP contribution >= 0.6 is 15.9 Å². The van der Waals surface area contributed by atoms with Crippen molar-refractivity contribution in [3.8, 4) is 0 Å². The lowest BCUT2D eigenvalue weighted by atomic mass is 10.3. The Hall–Kier alpha value is -0.620. The van der Waals surface area contributed by atoms with Gasteiger partial charge in [0.05, 0.1) is 11.4 Å². The molecule has 1 saturated carbocycles. The van der Waals surface area contributed by atoms with E-state index in [-0.39, 0.29) is 11.7 Å². The van der Waals surface area contributed by atoms with Crippen LogP contribution < -0.4 is 4.72 Å². The van der Waals surface area contributed by atoms with Crippen molar-refractivity contribution in [3.05, 3.63) is 28.5 Å². The zero-order valence-electron chi connectivity index (χ0n) is 8.41. The average Bonchev–Trinajstić information content (AvgIpc) is 2.93. The van der Waals surface area contributed by atoms with Crippen LogP contribution in [-0.4, -0.2) is 14.2 Å². The molecule has 0 bridgehead atoms. The molecule has 3 nitrogen and oxygen atoms in total. The molecule has 88 valence electrons. The smallest absolute Gasteiger partial charge is 0.233 e. The summed E-state index contributed by atoms with van der Waals surface area (Å²) in [6.45, 7) is 0. The zero-order chi connectivity index (χ0) is 11.8. The predicted molar refractivity (Wildman–Crippen MR) is 64.2 cm³/mol. The second-order valence-electron chi connectivity index (χ2n) is 3.95. The van der Waals surface area contributed by atoms with Gasteiger partial charge in [-0.2, -0.15) is 0 Å². The number of benzene rings is 1. The third-order valence-electron chi connectivity index (χ3n) is 2.35. The number of anilines is 1. The monoisotopic (exact) mass is 307 g/mol. The fourth-order valence-electron chi connectivity index (χ4n) is 1.38. The van der Waals surface area contributed by atoms with Gasteiger partial charge in [-0.15, -0.1) is 0 Å². The van der Waals surface area contributed by atoms with E-state index in [1.807, 2.05) is 0 Å². The van der Waals surface area contributed by atoms with Gasteiger partial charge in [0.25, 0.3) is 0 Å². The number of nitrogens with one attached hydrogen (secondary N) is 1. The fourth-order valence-corrected chi connectivity index (χ4v) is 3.51. The van der Waals surface area contributed by atoms with Crippen LogP contribution in [-0.2, 0) is 10.0 Å². The molecular weight excluding hydrogens is 297 g/mol. The van der Waals surface area contributed by atoms with Gasteiger partial charge in [0.2, 0.25) is 10.0 Å². The van der Waals surface area contributed by atoms with E-state index < -0.39 is 15.8 Å². The Kier molecular flexibility index (Phi) is 3.21. The molecule has 1 aromatic carbocycles. The van der Waals surface area contributed by atoms with Gasteiger partial charge in [-0.3, -0.25) is 4.72 Å². The van der Waals surface area contributed by atoms with E-state index in [0.29, 0.717) is 10.2 Å². The molecule has 0 heterocycles. The van der Waals surface area contributed by atoms with E-state index in [2.05, 4.69) is 20.7 Å². The summed E-state index contributed by atoms with van der Waals surface area (Å²) >= 11 is 3.11. The second kappa shape index (κ2) is 4.33. The summed E-state index contributed by atoms with van der Waals surface area (Å²) in [5, 5.41) is 0. The van der Waals surface area contributed by atoms with E-state index in [4.69, 9.17) is 0 Å². The lowest BCUT2D eigenvalue weighted by Gasteiger charge is -2.09. The van der Waals surface area contributed by atoms with E-state index in [1.54, 1.807) is 0 Å². The van der Waals surface area contributed by atoms with Gasteiger partial charge in [-0.25, -0.2) is 12.8 Å². The number of halogens is 2. The van der Waals surface area contributed by atoms with Crippen LogP contribution in [0.15, 0.2) is 22.7 Å². The van der Waals surface area contributed by atoms with E-state index in [0.717, 1.165) is 12.8 Å². The van der Waals surface area contributed by atoms with Crippen molar-refractivity contribution in [2.24, 2.45) is 5.92 Å². The first-order chi connectivity index (χ1) is 7.46. The molecule has 1 aliphatic carbocycles. The largest absolute Gasteiger partial charge is 0.282 e. The topological polar surface area (TPSA) is 46.2 Å². The number of sulfonamides is 1. The fraction of sp³-hybridized carbons (Fsp3) is 0.400. The van der Waals surface area contributed by atoms with Gasteiger partial charge in [0, 0.05) is 4.47 Å². The van der Waals surface area contributed by atoms with Crippen molar-refractivity contribution in [3.63, 3.8) is 0 Å². The van der Waals surface area contributed by atoms with Crippen molar-refractivity contribution in [2.75, 3.05) is 10.5 Å². The minimum Gasteiger partial charge on any atom is -0.282 e. The highest BCUT2D eigenvalue weighted by molar-refractivity contribution is 9.10. The summed E-state index contributed by atoms with van der Waals surface area (Å²) in [6.07, 6.45) is 1.96. The highest BCUT2D eigenvalue weighted by Gasteiger charge is 2.28. The molecule has 1 fully saturated rings. The minimum atomic E-state index is -3.31. The highest BCUT2D eigenvalue weighted by Crippen LogP contribution is 2.31. The summed E-state index contributed by atoms with van der Waals surface area (Å²) in [5.41, 5.74) is 0.377. The van der Waals surface area contributed by atoms with Crippen LogP contribution in [0.25, 0.3) is 0 Å². The molecule has 0 unspecified atom stereocenters. The van der Waals surface area contributed by atoms with Gasteiger partial charge in [-0.1, -0.05) is 0 Å². The molecule has 2 rings (SSSR count). The standard InChI is InChI=1S/C10H11BrFNO2S/c11-9-5-8(12)3-4-10(9)13-16(14,15)6-7-1-2-7/h3-5,7,13H,1-2,6H2. The van der Waals surface area contributed by atoms with Gasteiger partial charge in [-0.05, 0) is 52.9 Å². The molecule has 1 N–H and O–H groups in total. The zero-order valence-corrected chi connectivity index (χ0v) is 10.8. The molecule has 1 aromatic rings. The number of hydrogen-bond acceptors (Lipinski definition) is 2. The summed E-state index contributed by atoms with van der Waals surface area (Å²) in [5.74, 6) is 0.0327. The van der Waals surface area contributed by atoms with Crippen molar-refractivity contribution < 1.29 is 12.8 Å². The van der Waals surface area contributed by atoms with Gasteiger partial charge >= 0.3 is 0 Å². The van der Waals surface area contributed by atoms with Crippen LogP contribution in [0.2, 0.25) is 0 Å². The molecule has 1 aliphatic rings. The molecule has 0 spiro atoms. The average molecular weight is 308 g/mol. The van der Waals surface area contributed by atoms with Crippen LogP contribution in [0.1, 0.15) is 12.8 Å². The molecule has 0 aromatic heterocycles. The maximum Gasteiger partial charge on any atom is 0.233 e. The number of rotatable bonds is 4. The lowest BCUT2D eigenvalue weighted by Crippen LogP contribution is -2.18. The minimum absolute atomic E-state index is 0.150. The Bertz CT molecular complexity index is 500. The van der Waals surface area contributed by atoms with Crippen molar-refractivity contribution in [2.45, 2.75) is 12.8 Å². The Balaban J connectivity index is 2.13. The van der Waals surface area contributed by atoms with Crippen molar-refractivity contribution >= 4 is 31.6 Å². The van der Waals surface area contributed by atoms with Gasteiger partial charge < -0.3 is 0 Å². The van der Waals surface area contributed by atoms with Crippen LogP contribution in [0.5, 0.6) is 0 Å². The molecule has 0 amide bonds. The SMILES string of the molecule is O=S(=O)(CC1CC1)Nc1ccc(F)cc1Br. The molecule has 0 atom stereocenters. The highest BCUT2D eigenvalue weighted by atomic mass is 79.9. The molecule has 16 heavy (non-hydrogen) atoms. The maximum atomic E-state index is 12.8. The summed E-state index contributed by atoms with van der Waals surface area (Å²) in [4.78, 5) is 0. The van der Waals surface area contributed by atoms with Crippen LogP contribution in [0, 0.1) is 11.7 Å². The van der Waals surface area contributed by atoms with E-state index in [1.165, 1.54) is 18.2 Å². The summed E-state index contributed by atoms with van der Waals surface area (Å²) in [7, 11) is -3.31. The normalized spacial score (nSPS) is 16.1. The summed E-state index contributed by atoms with van der Waals surface area (Å²) in [6, 6.07) is 3.86. The molecule has 6 heteroatoms. The van der Waals surface area contributed by atoms with E-state index in [9.17, 15) is 12.8 Å². The van der Waals surface area contributed by atoms with Gasteiger partial charge in [0.1, 0.15) is 5.82 Å². The third-order valence-corrected chi connectivity index (χ3v) is 4.45. The Morgan fingerprint density at radius 1 is 1.44 bits per heavy atom. The van der Waals surface area contributed by atoms with Crippen molar-refractivity contribution in [1.29, 1.82) is 0 Å². The van der Waals surface area contributed by atoms with Gasteiger partial charge in [0.15, 0.2) is 0 Å². The molecule has 0 saturated heterocycles. The molecule has 0 radical (unpaired) electrons. The first-order valence-electron chi connectivity index (χ1n) is 4.92.